The van der Waals surface area contributed by atoms with Gasteiger partial charge in [-0.3, -0.25) is 0 Å². The molecule has 1 fully saturated rings. The molecule has 2 aromatic carbocycles. The van der Waals surface area contributed by atoms with E-state index in [4.69, 9.17) is 21.3 Å². The van der Waals surface area contributed by atoms with Crippen molar-refractivity contribution in [3.05, 3.63) is 71.8 Å². The Balaban J connectivity index is 1.70. The fourth-order valence-corrected chi connectivity index (χ4v) is 4.29. The van der Waals surface area contributed by atoms with Crippen LogP contribution in [0.5, 0.6) is 0 Å². The summed E-state index contributed by atoms with van der Waals surface area (Å²) < 4.78 is 59.0. The second-order valence-corrected chi connectivity index (χ2v) is 8.95. The molecule has 11 heteroatoms. The Labute approximate surface area is 211 Å². The summed E-state index contributed by atoms with van der Waals surface area (Å²) >= 11 is 0. The van der Waals surface area contributed by atoms with Gasteiger partial charge in [-0.15, -0.1) is 0 Å². The molecule has 3 aromatic rings. The van der Waals surface area contributed by atoms with Gasteiger partial charge in [0.05, 0.1) is 31.0 Å². The summed E-state index contributed by atoms with van der Waals surface area (Å²) in [5, 5.41) is 11.9. The molecule has 0 saturated carbocycles. The van der Waals surface area contributed by atoms with Gasteiger partial charge in [-0.2, -0.15) is 13.2 Å². The van der Waals surface area contributed by atoms with Gasteiger partial charge in [0.1, 0.15) is 11.6 Å². The minimum atomic E-state index is -4.94. The van der Waals surface area contributed by atoms with Gasteiger partial charge in [0.25, 0.3) is 0 Å². The quantitative estimate of drug-likeness (QED) is 0.246. The Hall–Kier alpha value is -3.41. The van der Waals surface area contributed by atoms with Crippen molar-refractivity contribution in [2.45, 2.75) is 31.7 Å². The van der Waals surface area contributed by atoms with E-state index < -0.39 is 23.9 Å². The highest BCUT2D eigenvalue weighted by Crippen LogP contribution is 2.37. The monoisotopic (exact) mass is 519 g/mol. The van der Waals surface area contributed by atoms with Gasteiger partial charge in [-0.1, -0.05) is 31.2 Å². The lowest BCUT2D eigenvalue weighted by molar-refractivity contribution is -0.245. The van der Waals surface area contributed by atoms with Crippen LogP contribution in [0.25, 0.3) is 22.0 Å². The van der Waals surface area contributed by atoms with E-state index in [0.29, 0.717) is 37.4 Å². The number of anilines is 1. The van der Waals surface area contributed by atoms with Crippen molar-refractivity contribution in [1.82, 2.24) is 9.99 Å². The number of morpholine rings is 1. The van der Waals surface area contributed by atoms with E-state index in [2.05, 4.69) is 4.90 Å². The molecule has 1 aliphatic rings. The van der Waals surface area contributed by atoms with E-state index in [1.165, 1.54) is 19.1 Å². The third kappa shape index (κ3) is 5.63. The average Bonchev–Trinajstić information content (AvgIpc) is 2.87. The van der Waals surface area contributed by atoms with Crippen LogP contribution < -0.4 is 16.5 Å². The first-order chi connectivity index (χ1) is 17.5. The van der Waals surface area contributed by atoms with Crippen LogP contribution in [-0.2, 0) is 11.3 Å². The third-order valence-electron chi connectivity index (χ3n) is 6.48. The van der Waals surface area contributed by atoms with E-state index in [9.17, 15) is 22.7 Å². The molecule has 0 spiro atoms. The van der Waals surface area contributed by atoms with Gasteiger partial charge >= 0.3 is 6.18 Å². The number of alkyl halides is 3. The number of halogens is 4. The number of rotatable bonds is 7. The van der Waals surface area contributed by atoms with Crippen molar-refractivity contribution in [2.24, 2.45) is 11.6 Å². The molecule has 1 saturated heterocycles. The van der Waals surface area contributed by atoms with E-state index in [1.807, 2.05) is 12.1 Å². The average molecular weight is 520 g/mol. The maximum atomic E-state index is 13.6. The fraction of sp³-hybridized carbons (Fsp3) is 0.346. The van der Waals surface area contributed by atoms with Crippen molar-refractivity contribution < 1.29 is 27.4 Å². The molecule has 1 atom stereocenters. The molecule has 1 aliphatic heterocycles. The second-order valence-electron chi connectivity index (χ2n) is 8.95. The number of benzene rings is 2. The van der Waals surface area contributed by atoms with Crippen molar-refractivity contribution in [1.29, 1.82) is 0 Å². The van der Waals surface area contributed by atoms with Gasteiger partial charge in [0.15, 0.2) is 0 Å². The Morgan fingerprint density at radius 1 is 1.14 bits per heavy atom. The number of hydrogen-bond donors (Lipinski definition) is 3. The number of nitrogens with two attached hydrogens (primary N) is 2. The van der Waals surface area contributed by atoms with E-state index in [0.717, 1.165) is 33.5 Å². The molecule has 5 N–H and O–H groups in total. The van der Waals surface area contributed by atoms with Gasteiger partial charge in [-0.25, -0.2) is 15.2 Å². The number of hydrogen-bond acceptors (Lipinski definition) is 7. The van der Waals surface area contributed by atoms with Crippen molar-refractivity contribution in [2.75, 3.05) is 31.2 Å². The van der Waals surface area contributed by atoms with Gasteiger partial charge < -0.3 is 25.5 Å². The Kier molecular flexibility index (Phi) is 7.58. The second kappa shape index (κ2) is 10.5. The number of hydrazine groups is 1. The summed E-state index contributed by atoms with van der Waals surface area (Å²) in [6.45, 7) is 3.69. The molecule has 0 amide bonds. The minimum absolute atomic E-state index is 0.0175. The molecule has 1 aromatic heterocycles. The van der Waals surface area contributed by atoms with Crippen LogP contribution in [0.2, 0.25) is 0 Å². The number of fused-ring (bicyclic) bond motifs is 1. The normalized spacial score (nSPS) is 16.6. The minimum Gasteiger partial charge on any atom is -0.398 e. The molecule has 1 unspecified atom stereocenters. The lowest BCUT2D eigenvalue weighted by atomic mass is 9.96. The first-order valence-corrected chi connectivity index (χ1v) is 11.8. The van der Waals surface area contributed by atoms with Crippen molar-refractivity contribution >= 4 is 16.7 Å². The summed E-state index contributed by atoms with van der Waals surface area (Å²) in [7, 11) is 0. The number of pyridine rings is 1. The molecule has 7 nitrogen and oxygen atoms in total. The molecule has 0 bridgehead atoms. The molecule has 0 aliphatic carbocycles. The molecule has 2 heterocycles. The van der Waals surface area contributed by atoms with Crippen LogP contribution in [0, 0.1) is 5.82 Å². The van der Waals surface area contributed by atoms with Crippen LogP contribution in [-0.4, -0.2) is 53.2 Å². The van der Waals surface area contributed by atoms with Crippen LogP contribution in [0.15, 0.2) is 60.4 Å². The summed E-state index contributed by atoms with van der Waals surface area (Å²) in [5.74, 6) is 6.34. The van der Waals surface area contributed by atoms with Crippen LogP contribution in [0.4, 0.5) is 23.4 Å². The molecular weight excluding hydrogens is 490 g/mol. The van der Waals surface area contributed by atoms with Gasteiger partial charge in [-0.05, 0) is 47.4 Å². The molecule has 198 valence electrons. The van der Waals surface area contributed by atoms with E-state index >= 15 is 0 Å². The number of ether oxygens (including phenoxy) is 1. The molecule has 37 heavy (non-hydrogen) atoms. The predicted molar refractivity (Wildman–Crippen MR) is 133 cm³/mol. The fourth-order valence-electron chi connectivity index (χ4n) is 4.29. The number of nitrogens with zero attached hydrogens (tertiary/aromatic N) is 3. The zero-order chi connectivity index (χ0) is 26.8. The molecule has 0 radical (unpaired) electrons. The zero-order valence-electron chi connectivity index (χ0n) is 20.3. The Morgan fingerprint density at radius 3 is 2.43 bits per heavy atom. The maximum Gasteiger partial charge on any atom is 0.422 e. The van der Waals surface area contributed by atoms with E-state index in [-0.39, 0.29) is 12.4 Å². The van der Waals surface area contributed by atoms with Gasteiger partial charge in [0.2, 0.25) is 5.60 Å². The van der Waals surface area contributed by atoms with Crippen LogP contribution in [0.1, 0.15) is 18.9 Å². The number of aliphatic hydroxyl groups is 1. The van der Waals surface area contributed by atoms with E-state index in [1.54, 1.807) is 24.3 Å². The molecule has 4 rings (SSSR count). The number of aromatic nitrogens is 1. The zero-order valence-corrected chi connectivity index (χ0v) is 20.3. The lowest BCUT2D eigenvalue weighted by Gasteiger charge is -2.30. The van der Waals surface area contributed by atoms with Crippen LogP contribution in [0.3, 0.4) is 0 Å². The third-order valence-corrected chi connectivity index (χ3v) is 6.48. The summed E-state index contributed by atoms with van der Waals surface area (Å²) in [4.78, 5) is 6.93. The largest absolute Gasteiger partial charge is 0.422 e. The Bertz CT molecular complexity index is 1280. The highest BCUT2D eigenvalue weighted by molar-refractivity contribution is 5.96. The summed E-state index contributed by atoms with van der Waals surface area (Å²) in [6, 6.07) is 13.6. The standard InChI is InChI=1S/C26H29F4N5O2/c1-2-25(36,26(28,29)30)23(31)16-35(32)15-17-3-8-20-21(18-4-6-19(27)7-5-18)14-24(33-22(20)13-17)34-9-11-37-12-10-34/h3-8,13-14,16,36H,2,9-12,15,31-32H2,1H3/b23-16-. The molecular formula is C26H29F4N5O2. The van der Waals surface area contributed by atoms with Gasteiger partial charge in [0, 0.05) is 24.7 Å². The summed E-state index contributed by atoms with van der Waals surface area (Å²) in [5.41, 5.74) is 4.64. The predicted octanol–water partition coefficient (Wildman–Crippen LogP) is 4.06. The highest BCUT2D eigenvalue weighted by Gasteiger charge is 2.54. The Morgan fingerprint density at radius 2 is 1.81 bits per heavy atom. The smallest absolute Gasteiger partial charge is 0.398 e. The maximum absolute atomic E-state index is 13.6. The van der Waals surface area contributed by atoms with Crippen molar-refractivity contribution in [3.63, 3.8) is 0 Å². The first kappa shape index (κ1) is 26.6. The van der Waals surface area contributed by atoms with Crippen LogP contribution >= 0.6 is 0 Å². The topological polar surface area (TPSA) is 101 Å². The highest BCUT2D eigenvalue weighted by atomic mass is 19.4. The first-order valence-electron chi connectivity index (χ1n) is 11.8. The lowest BCUT2D eigenvalue weighted by Crippen LogP contribution is -2.49. The summed E-state index contributed by atoms with van der Waals surface area (Å²) in [6.07, 6.45) is -4.70. The SMILES string of the molecule is CCC(O)(/C(N)=C/N(N)Cc1ccc2c(-c3ccc(F)cc3)cc(N3CCOCC3)nc2c1)C(F)(F)F. The van der Waals surface area contributed by atoms with Crippen molar-refractivity contribution in [3.8, 4) is 11.1 Å².